The largest absolute Gasteiger partial charge is 0.393 e. The van der Waals surface area contributed by atoms with E-state index in [0.717, 1.165) is 13.1 Å². The summed E-state index contributed by atoms with van der Waals surface area (Å²) >= 11 is 0. The lowest BCUT2D eigenvalue weighted by Crippen LogP contribution is -2.49. The third-order valence-electron chi connectivity index (χ3n) is 1.56. The van der Waals surface area contributed by atoms with Crippen LogP contribution >= 0.6 is 0 Å². The number of rotatable bonds is 1. The van der Waals surface area contributed by atoms with Crippen LogP contribution < -0.4 is 5.32 Å². The Balaban J connectivity index is 2.37. The van der Waals surface area contributed by atoms with E-state index in [-0.39, 0.29) is 12.2 Å². The second kappa shape index (κ2) is 2.64. The Morgan fingerprint density at radius 1 is 1.78 bits per heavy atom. The van der Waals surface area contributed by atoms with Crippen molar-refractivity contribution in [3.8, 4) is 0 Å². The molecule has 54 valence electrons. The summed E-state index contributed by atoms with van der Waals surface area (Å²) in [7, 11) is 0. The molecule has 0 aromatic heterocycles. The van der Waals surface area contributed by atoms with E-state index in [9.17, 15) is 0 Å². The molecule has 0 bridgehead atoms. The lowest BCUT2D eigenvalue weighted by molar-refractivity contribution is -0.0831. The van der Waals surface area contributed by atoms with Crippen LogP contribution in [0.4, 0.5) is 0 Å². The molecule has 0 aliphatic carbocycles. The first kappa shape index (κ1) is 6.99. The Morgan fingerprint density at radius 3 is 2.89 bits per heavy atom. The van der Waals surface area contributed by atoms with Gasteiger partial charge in [-0.25, -0.2) is 0 Å². The summed E-state index contributed by atoms with van der Waals surface area (Å²) in [6, 6.07) is 0. The molecule has 0 unspecified atom stereocenters. The summed E-state index contributed by atoms with van der Waals surface area (Å²) in [5.41, 5.74) is -0.335. The second-order valence-electron chi connectivity index (χ2n) is 2.63. The Kier molecular flexibility index (Phi) is 2.05. The molecule has 1 atom stereocenters. The quantitative estimate of drug-likeness (QED) is 0.497. The van der Waals surface area contributed by atoms with Gasteiger partial charge in [0.05, 0.1) is 13.2 Å². The van der Waals surface area contributed by atoms with Crippen LogP contribution in [0.2, 0.25) is 0 Å². The van der Waals surface area contributed by atoms with Gasteiger partial charge in [0, 0.05) is 13.1 Å². The van der Waals surface area contributed by atoms with Crippen LogP contribution in [0.25, 0.3) is 0 Å². The molecule has 1 heterocycles. The van der Waals surface area contributed by atoms with Gasteiger partial charge in [-0.15, -0.1) is 0 Å². The molecule has 2 N–H and O–H groups in total. The van der Waals surface area contributed by atoms with Crippen molar-refractivity contribution in [3.05, 3.63) is 0 Å². The summed E-state index contributed by atoms with van der Waals surface area (Å²) in [4.78, 5) is 0. The fourth-order valence-electron chi connectivity index (χ4n) is 0.875. The molecule has 9 heavy (non-hydrogen) atoms. The molecule has 1 fully saturated rings. The first-order chi connectivity index (χ1) is 4.27. The van der Waals surface area contributed by atoms with Crippen molar-refractivity contribution >= 4 is 0 Å². The van der Waals surface area contributed by atoms with Gasteiger partial charge in [-0.1, -0.05) is 0 Å². The van der Waals surface area contributed by atoms with Crippen LogP contribution in [0.15, 0.2) is 0 Å². The molecule has 3 heteroatoms. The van der Waals surface area contributed by atoms with Crippen molar-refractivity contribution in [1.82, 2.24) is 5.32 Å². The molecule has 0 aromatic carbocycles. The monoisotopic (exact) mass is 131 g/mol. The smallest absolute Gasteiger partial charge is 0.101 e. The number of morpholine rings is 1. The summed E-state index contributed by atoms with van der Waals surface area (Å²) in [6.07, 6.45) is 0. The van der Waals surface area contributed by atoms with E-state index in [2.05, 4.69) is 5.32 Å². The Bertz CT molecular complexity index is 89.1. The average molecular weight is 131 g/mol. The number of ether oxygens (including phenoxy) is 1. The fraction of sp³-hybridized carbons (Fsp3) is 1.00. The zero-order valence-corrected chi connectivity index (χ0v) is 5.68. The van der Waals surface area contributed by atoms with Gasteiger partial charge in [0.15, 0.2) is 0 Å². The molecule has 0 amide bonds. The van der Waals surface area contributed by atoms with Gasteiger partial charge < -0.3 is 15.2 Å². The van der Waals surface area contributed by atoms with Gasteiger partial charge in [0.25, 0.3) is 0 Å². The zero-order chi connectivity index (χ0) is 6.74. The SMILES string of the molecule is C[C@@]1(CO)CNCCO1. The van der Waals surface area contributed by atoms with Gasteiger partial charge in [-0.3, -0.25) is 0 Å². The highest BCUT2D eigenvalue weighted by Crippen LogP contribution is 2.09. The molecule has 3 nitrogen and oxygen atoms in total. The molecule has 1 rings (SSSR count). The summed E-state index contributed by atoms with van der Waals surface area (Å²) in [5.74, 6) is 0. The number of aliphatic hydroxyl groups is 1. The molecule has 1 saturated heterocycles. The van der Waals surface area contributed by atoms with E-state index in [0.29, 0.717) is 6.61 Å². The highest BCUT2D eigenvalue weighted by molar-refractivity contribution is 4.79. The number of hydrogen-bond acceptors (Lipinski definition) is 3. The second-order valence-corrected chi connectivity index (χ2v) is 2.63. The van der Waals surface area contributed by atoms with Crippen molar-refractivity contribution in [2.24, 2.45) is 0 Å². The minimum Gasteiger partial charge on any atom is -0.393 e. The van der Waals surface area contributed by atoms with Crippen LogP contribution in [0.1, 0.15) is 6.92 Å². The van der Waals surface area contributed by atoms with Gasteiger partial charge >= 0.3 is 0 Å². The van der Waals surface area contributed by atoms with E-state index in [1.165, 1.54) is 0 Å². The lowest BCUT2D eigenvalue weighted by atomic mass is 10.1. The van der Waals surface area contributed by atoms with Crippen molar-refractivity contribution in [2.45, 2.75) is 12.5 Å². The molecular formula is C6H13NO2. The highest BCUT2D eigenvalue weighted by Gasteiger charge is 2.26. The van der Waals surface area contributed by atoms with E-state index in [1.54, 1.807) is 0 Å². The van der Waals surface area contributed by atoms with Crippen molar-refractivity contribution < 1.29 is 9.84 Å². The zero-order valence-electron chi connectivity index (χ0n) is 5.68. The molecule has 0 saturated carbocycles. The minimum atomic E-state index is -0.335. The number of aliphatic hydroxyl groups excluding tert-OH is 1. The number of hydrogen-bond donors (Lipinski definition) is 2. The third-order valence-corrected chi connectivity index (χ3v) is 1.56. The lowest BCUT2D eigenvalue weighted by Gasteiger charge is -2.32. The predicted molar refractivity (Wildman–Crippen MR) is 34.3 cm³/mol. The molecule has 0 radical (unpaired) electrons. The third kappa shape index (κ3) is 1.64. The van der Waals surface area contributed by atoms with Crippen LogP contribution in [-0.4, -0.2) is 37.0 Å². The highest BCUT2D eigenvalue weighted by atomic mass is 16.5. The number of nitrogens with one attached hydrogen (secondary N) is 1. The average Bonchev–Trinajstić information content (AvgIpc) is 1.90. The van der Waals surface area contributed by atoms with Gasteiger partial charge in [0.1, 0.15) is 5.60 Å². The molecule has 1 aliphatic rings. The fourth-order valence-corrected chi connectivity index (χ4v) is 0.875. The summed E-state index contributed by atoms with van der Waals surface area (Å²) in [5, 5.41) is 11.9. The van der Waals surface area contributed by atoms with Crippen molar-refractivity contribution in [2.75, 3.05) is 26.3 Å². The van der Waals surface area contributed by atoms with Crippen LogP contribution in [-0.2, 0) is 4.74 Å². The van der Waals surface area contributed by atoms with Crippen molar-refractivity contribution in [1.29, 1.82) is 0 Å². The van der Waals surface area contributed by atoms with Crippen LogP contribution in [0.3, 0.4) is 0 Å². The maximum atomic E-state index is 8.79. The van der Waals surface area contributed by atoms with Gasteiger partial charge in [-0.2, -0.15) is 0 Å². The van der Waals surface area contributed by atoms with Gasteiger partial charge in [0.2, 0.25) is 0 Å². The normalized spacial score (nSPS) is 36.7. The van der Waals surface area contributed by atoms with Crippen LogP contribution in [0.5, 0.6) is 0 Å². The predicted octanol–water partition coefficient (Wildman–Crippen LogP) is -0.643. The van der Waals surface area contributed by atoms with Gasteiger partial charge in [-0.05, 0) is 6.92 Å². The van der Waals surface area contributed by atoms with Crippen LogP contribution in [0, 0.1) is 0 Å². The molecule has 1 aliphatic heterocycles. The molecular weight excluding hydrogens is 118 g/mol. The minimum absolute atomic E-state index is 0.0972. The van der Waals surface area contributed by atoms with E-state index in [1.807, 2.05) is 6.92 Å². The van der Waals surface area contributed by atoms with E-state index >= 15 is 0 Å². The topological polar surface area (TPSA) is 41.5 Å². The maximum Gasteiger partial charge on any atom is 0.101 e. The first-order valence-electron chi connectivity index (χ1n) is 3.22. The molecule has 0 spiro atoms. The maximum absolute atomic E-state index is 8.79. The Morgan fingerprint density at radius 2 is 2.56 bits per heavy atom. The Hall–Kier alpha value is -0.120. The standard InChI is InChI=1S/C6H13NO2/c1-6(5-8)4-7-2-3-9-6/h7-8H,2-5H2,1H3/t6-/m0/s1. The van der Waals surface area contributed by atoms with E-state index in [4.69, 9.17) is 9.84 Å². The molecule has 0 aromatic rings. The van der Waals surface area contributed by atoms with Crippen molar-refractivity contribution in [3.63, 3.8) is 0 Å². The Labute approximate surface area is 55.0 Å². The summed E-state index contributed by atoms with van der Waals surface area (Å²) in [6.45, 7) is 4.36. The summed E-state index contributed by atoms with van der Waals surface area (Å²) < 4.78 is 5.30. The van der Waals surface area contributed by atoms with E-state index < -0.39 is 0 Å². The first-order valence-corrected chi connectivity index (χ1v) is 3.22.